The Kier molecular flexibility index (Phi) is 4.60. The maximum atomic E-state index is 12.5. The van der Waals surface area contributed by atoms with Gasteiger partial charge >= 0.3 is 0 Å². The third kappa shape index (κ3) is 2.93. The Bertz CT molecular complexity index is 512. The molecule has 1 saturated heterocycles. The smallest absolute Gasteiger partial charge is 0.244 e. The maximum Gasteiger partial charge on any atom is 0.244 e. The van der Waals surface area contributed by atoms with Crippen LogP contribution in [0.1, 0.15) is 25.3 Å². The van der Waals surface area contributed by atoms with Crippen LogP contribution in [0.15, 0.2) is 24.3 Å². The summed E-state index contributed by atoms with van der Waals surface area (Å²) in [7, 11) is 1.91. The highest BCUT2D eigenvalue weighted by Gasteiger charge is 2.27. The number of carbonyl (C=O) groups is 1. The molecule has 0 bridgehead atoms. The zero-order valence-electron chi connectivity index (χ0n) is 12.0. The Balaban J connectivity index is 2.20. The van der Waals surface area contributed by atoms with Crippen molar-refractivity contribution < 1.29 is 4.79 Å². The number of para-hydroxylation sites is 1. The summed E-state index contributed by atoms with van der Waals surface area (Å²) in [5, 5.41) is 0. The first kappa shape index (κ1) is 14.8. The van der Waals surface area contributed by atoms with Gasteiger partial charge in [0, 0.05) is 31.4 Å². The van der Waals surface area contributed by atoms with E-state index in [0.29, 0.717) is 4.99 Å². The first-order valence-corrected chi connectivity index (χ1v) is 7.33. The summed E-state index contributed by atoms with van der Waals surface area (Å²) in [5.41, 5.74) is 7.47. The molecule has 5 heteroatoms. The highest BCUT2D eigenvalue weighted by molar-refractivity contribution is 7.80. The van der Waals surface area contributed by atoms with Crippen molar-refractivity contribution in [3.63, 3.8) is 0 Å². The third-order valence-corrected chi connectivity index (χ3v) is 4.13. The number of likely N-dealkylation sites (N-methyl/N-ethyl adjacent to an activating group) is 1. The molecule has 0 saturated carbocycles. The normalized spacial score (nSPS) is 16.0. The van der Waals surface area contributed by atoms with Gasteiger partial charge in [-0.3, -0.25) is 4.79 Å². The number of amides is 1. The molecule has 1 amide bonds. The minimum Gasteiger partial charge on any atom is -0.389 e. The summed E-state index contributed by atoms with van der Waals surface area (Å²) >= 11 is 5.08. The van der Waals surface area contributed by atoms with E-state index in [1.807, 2.05) is 48.0 Å². The molecule has 1 unspecified atom stereocenters. The zero-order valence-corrected chi connectivity index (χ0v) is 12.8. The van der Waals surface area contributed by atoms with Gasteiger partial charge in [-0.1, -0.05) is 24.4 Å². The van der Waals surface area contributed by atoms with E-state index >= 15 is 0 Å². The highest BCUT2D eigenvalue weighted by Crippen LogP contribution is 2.22. The molecule has 0 spiro atoms. The molecule has 2 rings (SSSR count). The third-order valence-electron chi connectivity index (χ3n) is 3.91. The van der Waals surface area contributed by atoms with Gasteiger partial charge in [-0.2, -0.15) is 0 Å². The van der Waals surface area contributed by atoms with Crippen LogP contribution in [0, 0.1) is 0 Å². The molecule has 1 aromatic carbocycles. The molecule has 4 nitrogen and oxygen atoms in total. The molecule has 1 atom stereocenters. The summed E-state index contributed by atoms with van der Waals surface area (Å²) in [5.74, 6) is 0.169. The van der Waals surface area contributed by atoms with Gasteiger partial charge in [0.15, 0.2) is 0 Å². The van der Waals surface area contributed by atoms with Gasteiger partial charge in [-0.05, 0) is 31.9 Å². The SMILES string of the molecule is CC(C(=O)N1CCCC1)N(C)c1ccccc1C(N)=S. The number of rotatable bonds is 4. The van der Waals surface area contributed by atoms with E-state index in [0.717, 1.165) is 37.2 Å². The Morgan fingerprint density at radius 2 is 1.95 bits per heavy atom. The number of hydrogen-bond acceptors (Lipinski definition) is 3. The summed E-state index contributed by atoms with van der Waals surface area (Å²) in [6, 6.07) is 7.45. The Labute approximate surface area is 125 Å². The van der Waals surface area contributed by atoms with Gasteiger partial charge in [0.05, 0.1) is 0 Å². The summed E-state index contributed by atoms with van der Waals surface area (Å²) in [4.78, 5) is 16.7. The predicted octanol–water partition coefficient (Wildman–Crippen LogP) is 1.77. The highest BCUT2D eigenvalue weighted by atomic mass is 32.1. The number of nitrogens with zero attached hydrogens (tertiary/aromatic N) is 2. The van der Waals surface area contributed by atoms with E-state index in [2.05, 4.69) is 0 Å². The summed E-state index contributed by atoms with van der Waals surface area (Å²) in [6.07, 6.45) is 2.21. The fourth-order valence-corrected chi connectivity index (χ4v) is 2.74. The first-order valence-electron chi connectivity index (χ1n) is 6.93. The molecule has 1 heterocycles. The first-order chi connectivity index (χ1) is 9.52. The molecule has 1 aliphatic rings. The largest absolute Gasteiger partial charge is 0.389 e. The second kappa shape index (κ2) is 6.22. The Hall–Kier alpha value is -1.62. The van der Waals surface area contributed by atoms with Crippen LogP contribution in [0.2, 0.25) is 0 Å². The average molecular weight is 291 g/mol. The lowest BCUT2D eigenvalue weighted by Gasteiger charge is -2.30. The quantitative estimate of drug-likeness (QED) is 0.859. The van der Waals surface area contributed by atoms with Crippen LogP contribution in [-0.2, 0) is 4.79 Å². The van der Waals surface area contributed by atoms with Crippen molar-refractivity contribution in [2.75, 3.05) is 25.0 Å². The van der Waals surface area contributed by atoms with E-state index < -0.39 is 0 Å². The van der Waals surface area contributed by atoms with E-state index in [1.165, 1.54) is 0 Å². The van der Waals surface area contributed by atoms with Crippen molar-refractivity contribution in [1.29, 1.82) is 0 Å². The van der Waals surface area contributed by atoms with Gasteiger partial charge in [0.25, 0.3) is 0 Å². The van der Waals surface area contributed by atoms with Gasteiger partial charge in [0.1, 0.15) is 11.0 Å². The summed E-state index contributed by atoms with van der Waals surface area (Å²) < 4.78 is 0. The van der Waals surface area contributed by atoms with Gasteiger partial charge in [0.2, 0.25) is 5.91 Å². The number of hydrogen-bond donors (Lipinski definition) is 1. The number of anilines is 1. The fourth-order valence-electron chi connectivity index (χ4n) is 2.57. The van der Waals surface area contributed by atoms with Crippen LogP contribution < -0.4 is 10.6 Å². The number of thiocarbonyl (C=S) groups is 1. The van der Waals surface area contributed by atoms with Crippen LogP contribution in [0.3, 0.4) is 0 Å². The lowest BCUT2D eigenvalue weighted by atomic mass is 10.1. The van der Waals surface area contributed by atoms with Crippen molar-refractivity contribution in [2.45, 2.75) is 25.8 Å². The van der Waals surface area contributed by atoms with Crippen molar-refractivity contribution >= 4 is 28.8 Å². The number of likely N-dealkylation sites (tertiary alicyclic amines) is 1. The van der Waals surface area contributed by atoms with Crippen LogP contribution in [0.4, 0.5) is 5.69 Å². The van der Waals surface area contributed by atoms with E-state index in [-0.39, 0.29) is 11.9 Å². The van der Waals surface area contributed by atoms with Crippen LogP contribution >= 0.6 is 12.2 Å². The van der Waals surface area contributed by atoms with E-state index in [4.69, 9.17) is 18.0 Å². The number of nitrogens with two attached hydrogens (primary N) is 1. The summed E-state index contributed by atoms with van der Waals surface area (Å²) in [6.45, 7) is 3.67. The molecular formula is C15H21N3OS. The monoisotopic (exact) mass is 291 g/mol. The van der Waals surface area contributed by atoms with Crippen molar-refractivity contribution in [3.8, 4) is 0 Å². The topological polar surface area (TPSA) is 49.6 Å². The minimum atomic E-state index is -0.219. The second-order valence-electron chi connectivity index (χ2n) is 5.20. The molecule has 2 N–H and O–H groups in total. The Morgan fingerprint density at radius 3 is 2.55 bits per heavy atom. The molecule has 108 valence electrons. The molecule has 1 aliphatic heterocycles. The average Bonchev–Trinajstić information content (AvgIpc) is 2.99. The number of benzene rings is 1. The molecule has 20 heavy (non-hydrogen) atoms. The Morgan fingerprint density at radius 1 is 1.35 bits per heavy atom. The molecular weight excluding hydrogens is 270 g/mol. The van der Waals surface area contributed by atoms with Crippen molar-refractivity contribution in [3.05, 3.63) is 29.8 Å². The maximum absolute atomic E-state index is 12.5. The standard InChI is InChI=1S/C15H21N3OS/c1-11(15(19)18-9-5-6-10-18)17(2)13-8-4-3-7-12(13)14(16)20/h3-4,7-8,11H,5-6,9-10H2,1-2H3,(H2,16,20). The van der Waals surface area contributed by atoms with Crippen LogP contribution in [-0.4, -0.2) is 42.0 Å². The second-order valence-corrected chi connectivity index (χ2v) is 5.64. The van der Waals surface area contributed by atoms with E-state index in [1.54, 1.807) is 0 Å². The van der Waals surface area contributed by atoms with Crippen molar-refractivity contribution in [2.24, 2.45) is 5.73 Å². The number of carbonyl (C=O) groups excluding carboxylic acids is 1. The fraction of sp³-hybridized carbons (Fsp3) is 0.467. The van der Waals surface area contributed by atoms with Crippen molar-refractivity contribution in [1.82, 2.24) is 4.90 Å². The molecule has 0 aromatic heterocycles. The molecule has 1 aromatic rings. The molecule has 0 aliphatic carbocycles. The lowest BCUT2D eigenvalue weighted by Crippen LogP contribution is -2.45. The minimum absolute atomic E-state index is 0.169. The predicted molar refractivity (Wildman–Crippen MR) is 86.0 cm³/mol. The van der Waals surface area contributed by atoms with Gasteiger partial charge < -0.3 is 15.5 Å². The molecule has 1 fully saturated rings. The molecule has 0 radical (unpaired) electrons. The zero-order chi connectivity index (χ0) is 14.7. The lowest BCUT2D eigenvalue weighted by molar-refractivity contribution is -0.131. The van der Waals surface area contributed by atoms with E-state index in [9.17, 15) is 4.79 Å². The van der Waals surface area contributed by atoms with Gasteiger partial charge in [-0.25, -0.2) is 0 Å². The van der Waals surface area contributed by atoms with Gasteiger partial charge in [-0.15, -0.1) is 0 Å². The van der Waals surface area contributed by atoms with Crippen LogP contribution in [0.25, 0.3) is 0 Å². The van der Waals surface area contributed by atoms with Crippen LogP contribution in [0.5, 0.6) is 0 Å².